The molecular weight excluding hydrogens is 397 g/mol. The molecule has 1 aromatic carbocycles. The minimum absolute atomic E-state index is 0.00245. The number of nitrogens with one attached hydrogen (secondary N) is 1. The van der Waals surface area contributed by atoms with Gasteiger partial charge < -0.3 is 9.72 Å². The van der Waals surface area contributed by atoms with Crippen molar-refractivity contribution in [3.63, 3.8) is 0 Å². The highest BCUT2D eigenvalue weighted by atomic mass is 19.4. The van der Waals surface area contributed by atoms with Gasteiger partial charge in [-0.25, -0.2) is 0 Å². The fraction of sp³-hybridized carbons (Fsp3) is 0.238. The summed E-state index contributed by atoms with van der Waals surface area (Å²) in [6.45, 7) is 1.70. The molecule has 2 aromatic heterocycles. The van der Waals surface area contributed by atoms with Crippen LogP contribution < -0.4 is 10.3 Å². The molecule has 0 spiro atoms. The van der Waals surface area contributed by atoms with Gasteiger partial charge >= 0.3 is 12.2 Å². The van der Waals surface area contributed by atoms with Crippen molar-refractivity contribution in [3.8, 4) is 29.0 Å². The Kier molecular flexibility index (Phi) is 4.78. The number of alkyl halides is 3. The summed E-state index contributed by atoms with van der Waals surface area (Å²) in [4.78, 5) is 22.1. The van der Waals surface area contributed by atoms with Crippen molar-refractivity contribution in [2.45, 2.75) is 31.9 Å². The zero-order chi connectivity index (χ0) is 21.5. The van der Waals surface area contributed by atoms with Crippen LogP contribution in [0.4, 0.5) is 13.2 Å². The van der Waals surface area contributed by atoms with Gasteiger partial charge in [-0.3, -0.25) is 4.79 Å². The van der Waals surface area contributed by atoms with Crippen molar-refractivity contribution >= 4 is 0 Å². The minimum atomic E-state index is -4.60. The van der Waals surface area contributed by atoms with Crippen molar-refractivity contribution in [3.05, 3.63) is 69.4 Å². The molecule has 0 amide bonds. The van der Waals surface area contributed by atoms with Gasteiger partial charge in [0.15, 0.2) is 5.69 Å². The van der Waals surface area contributed by atoms with Crippen LogP contribution in [0.5, 0.6) is 11.8 Å². The van der Waals surface area contributed by atoms with Crippen molar-refractivity contribution in [1.29, 1.82) is 5.26 Å². The van der Waals surface area contributed by atoms with Gasteiger partial charge in [0.2, 0.25) is 0 Å². The molecule has 0 atom stereocenters. The summed E-state index contributed by atoms with van der Waals surface area (Å²) in [6, 6.07) is 10.4. The van der Waals surface area contributed by atoms with E-state index in [4.69, 9.17) is 4.74 Å². The molecule has 152 valence electrons. The SMILES string of the molecule is Cc1cc(-c2ccc(Oc3nc(C4CC4)cc(C(F)(F)F)n3)cc2)c(C#N)c(=O)[nH]1. The maximum absolute atomic E-state index is 13.1. The first-order valence-corrected chi connectivity index (χ1v) is 9.13. The van der Waals surface area contributed by atoms with Gasteiger partial charge in [-0.05, 0) is 49.6 Å². The van der Waals surface area contributed by atoms with Crippen LogP contribution in [-0.4, -0.2) is 15.0 Å². The van der Waals surface area contributed by atoms with Crippen LogP contribution in [-0.2, 0) is 6.18 Å². The van der Waals surface area contributed by atoms with Crippen LogP contribution in [0.2, 0.25) is 0 Å². The topological polar surface area (TPSA) is 91.7 Å². The molecule has 1 aliphatic rings. The molecule has 0 aliphatic heterocycles. The molecule has 6 nitrogen and oxygen atoms in total. The highest BCUT2D eigenvalue weighted by Crippen LogP contribution is 2.41. The van der Waals surface area contributed by atoms with E-state index in [1.165, 1.54) is 12.1 Å². The number of nitrogens with zero attached hydrogens (tertiary/aromatic N) is 3. The number of hydrogen-bond acceptors (Lipinski definition) is 5. The van der Waals surface area contributed by atoms with E-state index in [0.29, 0.717) is 22.5 Å². The summed E-state index contributed by atoms with van der Waals surface area (Å²) in [7, 11) is 0. The van der Waals surface area contributed by atoms with E-state index in [-0.39, 0.29) is 23.2 Å². The van der Waals surface area contributed by atoms with Gasteiger partial charge in [-0.1, -0.05) is 12.1 Å². The molecule has 1 saturated carbocycles. The Morgan fingerprint density at radius 2 is 1.87 bits per heavy atom. The van der Waals surface area contributed by atoms with E-state index in [0.717, 1.165) is 18.9 Å². The Morgan fingerprint density at radius 3 is 2.47 bits per heavy atom. The third-order valence-electron chi connectivity index (χ3n) is 4.67. The average molecular weight is 412 g/mol. The number of hydrogen-bond donors (Lipinski definition) is 1. The number of pyridine rings is 1. The molecule has 4 rings (SSSR count). The van der Waals surface area contributed by atoms with Crippen LogP contribution >= 0.6 is 0 Å². The lowest BCUT2D eigenvalue weighted by molar-refractivity contribution is -0.141. The van der Waals surface area contributed by atoms with Crippen LogP contribution in [0.1, 0.15) is 41.4 Å². The number of aromatic nitrogens is 3. The largest absolute Gasteiger partial charge is 0.433 e. The van der Waals surface area contributed by atoms with Crippen molar-refractivity contribution in [2.24, 2.45) is 0 Å². The zero-order valence-corrected chi connectivity index (χ0v) is 15.7. The number of aromatic amines is 1. The van der Waals surface area contributed by atoms with Crippen molar-refractivity contribution < 1.29 is 17.9 Å². The van der Waals surface area contributed by atoms with E-state index in [1.807, 2.05) is 6.07 Å². The summed E-state index contributed by atoms with van der Waals surface area (Å²) in [5.41, 5.74) is 0.417. The molecule has 9 heteroatoms. The number of ether oxygens (including phenoxy) is 1. The lowest BCUT2D eigenvalue weighted by Crippen LogP contribution is -2.12. The van der Waals surface area contributed by atoms with Crippen LogP contribution in [0, 0.1) is 18.3 Å². The molecule has 1 aliphatic carbocycles. The second-order valence-corrected chi connectivity index (χ2v) is 7.04. The first kappa shape index (κ1) is 19.6. The Balaban J connectivity index is 1.65. The maximum atomic E-state index is 13.1. The summed E-state index contributed by atoms with van der Waals surface area (Å²) in [6.07, 6.45) is -3.01. The van der Waals surface area contributed by atoms with Crippen molar-refractivity contribution in [2.75, 3.05) is 0 Å². The molecule has 0 bridgehead atoms. The fourth-order valence-corrected chi connectivity index (χ4v) is 3.06. The summed E-state index contributed by atoms with van der Waals surface area (Å²) < 4.78 is 44.9. The highest BCUT2D eigenvalue weighted by molar-refractivity contribution is 5.70. The molecule has 0 saturated heterocycles. The lowest BCUT2D eigenvalue weighted by atomic mass is 10.0. The highest BCUT2D eigenvalue weighted by Gasteiger charge is 2.36. The number of aryl methyl sites for hydroxylation is 1. The summed E-state index contributed by atoms with van der Waals surface area (Å²) >= 11 is 0. The predicted molar refractivity (Wildman–Crippen MR) is 101 cm³/mol. The summed E-state index contributed by atoms with van der Waals surface area (Å²) in [5, 5.41) is 9.27. The lowest BCUT2D eigenvalue weighted by Gasteiger charge is -2.11. The number of rotatable bonds is 4. The first-order chi connectivity index (χ1) is 14.2. The van der Waals surface area contributed by atoms with Gasteiger partial charge in [0.1, 0.15) is 17.4 Å². The number of benzene rings is 1. The zero-order valence-electron chi connectivity index (χ0n) is 15.7. The van der Waals surface area contributed by atoms with Crippen molar-refractivity contribution in [1.82, 2.24) is 15.0 Å². The smallest absolute Gasteiger partial charge is 0.424 e. The first-order valence-electron chi connectivity index (χ1n) is 9.13. The minimum Gasteiger partial charge on any atom is -0.424 e. The van der Waals surface area contributed by atoms with Gasteiger partial charge in [0, 0.05) is 17.2 Å². The van der Waals surface area contributed by atoms with Gasteiger partial charge in [0.25, 0.3) is 5.56 Å². The second kappa shape index (κ2) is 7.30. The Bertz CT molecular complexity index is 1210. The third-order valence-corrected chi connectivity index (χ3v) is 4.67. The fourth-order valence-electron chi connectivity index (χ4n) is 3.06. The van der Waals surface area contributed by atoms with Crippen LogP contribution in [0.15, 0.2) is 41.2 Å². The number of H-pyrrole nitrogens is 1. The van der Waals surface area contributed by atoms with Crippen LogP contribution in [0.3, 0.4) is 0 Å². The number of nitriles is 1. The van der Waals surface area contributed by atoms with E-state index >= 15 is 0 Å². The van der Waals surface area contributed by atoms with Gasteiger partial charge in [0.05, 0.1) is 5.69 Å². The molecule has 0 radical (unpaired) electrons. The molecule has 1 N–H and O–H groups in total. The molecule has 30 heavy (non-hydrogen) atoms. The van der Waals surface area contributed by atoms with Gasteiger partial charge in [-0.2, -0.15) is 28.4 Å². The quantitative estimate of drug-likeness (QED) is 0.671. The van der Waals surface area contributed by atoms with Crippen LogP contribution in [0.25, 0.3) is 11.1 Å². The molecule has 0 unspecified atom stereocenters. The molecule has 2 heterocycles. The second-order valence-electron chi connectivity index (χ2n) is 7.04. The molecule has 1 fully saturated rings. The summed E-state index contributed by atoms with van der Waals surface area (Å²) in [5.74, 6) is 0.238. The van der Waals surface area contributed by atoms with E-state index in [9.17, 15) is 23.2 Å². The standard InChI is InChI=1S/C21H15F3N4O2/c1-11-8-15(16(10-25)19(29)26-11)12-4-6-14(7-5-12)30-20-27-17(13-2-3-13)9-18(28-20)21(22,23)24/h4-9,13H,2-3H2,1H3,(H,26,29). The monoisotopic (exact) mass is 412 g/mol. The van der Waals surface area contributed by atoms with E-state index in [2.05, 4.69) is 15.0 Å². The maximum Gasteiger partial charge on any atom is 0.433 e. The number of halogens is 3. The Labute approximate surface area is 169 Å². The van der Waals surface area contributed by atoms with E-state index in [1.54, 1.807) is 25.1 Å². The molecular formula is C21H15F3N4O2. The third kappa shape index (κ3) is 4.03. The van der Waals surface area contributed by atoms with E-state index < -0.39 is 17.4 Å². The Hall–Kier alpha value is -3.67. The normalized spacial score (nSPS) is 13.7. The average Bonchev–Trinajstić information content (AvgIpc) is 3.52. The predicted octanol–water partition coefficient (Wildman–Crippen LogP) is 4.70. The molecule has 3 aromatic rings. The Morgan fingerprint density at radius 1 is 1.17 bits per heavy atom. The van der Waals surface area contributed by atoms with Gasteiger partial charge in [-0.15, -0.1) is 0 Å².